The lowest BCUT2D eigenvalue weighted by Gasteiger charge is -2.36. The maximum atomic E-state index is 12.6. The van der Waals surface area contributed by atoms with Gasteiger partial charge >= 0.3 is 5.97 Å². The summed E-state index contributed by atoms with van der Waals surface area (Å²) in [6.07, 6.45) is 3.59. The number of carbonyl (C=O) groups is 3. The molecule has 116 valence electrons. The van der Waals surface area contributed by atoms with Gasteiger partial charge in [0.05, 0.1) is 13.5 Å². The van der Waals surface area contributed by atoms with Crippen LogP contribution in [-0.2, 0) is 19.1 Å². The van der Waals surface area contributed by atoms with E-state index in [1.54, 1.807) is 11.9 Å². The van der Waals surface area contributed by atoms with Crippen molar-refractivity contribution in [3.63, 3.8) is 0 Å². The van der Waals surface area contributed by atoms with Gasteiger partial charge in [0, 0.05) is 32.5 Å². The van der Waals surface area contributed by atoms with Gasteiger partial charge in [-0.15, -0.1) is 0 Å². The number of nitrogens with zero attached hydrogens (tertiary/aromatic N) is 3. The highest BCUT2D eigenvalue weighted by atomic mass is 16.5. The molecule has 1 saturated heterocycles. The highest BCUT2D eigenvalue weighted by molar-refractivity contribution is 6.39. The zero-order valence-corrected chi connectivity index (χ0v) is 12.5. The second-order valence-electron chi connectivity index (χ2n) is 5.39. The number of amides is 2. The number of rotatable bonds is 3. The second kappa shape index (κ2) is 6.69. The minimum Gasteiger partial charge on any atom is -0.469 e. The lowest BCUT2D eigenvalue weighted by atomic mass is 9.98. The summed E-state index contributed by atoms with van der Waals surface area (Å²) in [7, 11) is 2.90. The van der Waals surface area contributed by atoms with Crippen LogP contribution in [0.1, 0.15) is 38.5 Å². The van der Waals surface area contributed by atoms with E-state index in [-0.39, 0.29) is 30.2 Å². The van der Waals surface area contributed by atoms with E-state index in [0.29, 0.717) is 25.1 Å². The summed E-state index contributed by atoms with van der Waals surface area (Å²) in [6, 6.07) is -0.135. The molecule has 0 radical (unpaired) electrons. The Morgan fingerprint density at radius 3 is 2.76 bits per heavy atom. The molecule has 0 bridgehead atoms. The van der Waals surface area contributed by atoms with Crippen molar-refractivity contribution in [2.45, 2.75) is 44.6 Å². The summed E-state index contributed by atoms with van der Waals surface area (Å²) in [6.45, 7) is 0.622. The normalized spacial score (nSPS) is 22.9. The molecule has 2 rings (SSSR count). The molecule has 0 aromatic rings. The van der Waals surface area contributed by atoms with Crippen LogP contribution in [0.3, 0.4) is 0 Å². The largest absolute Gasteiger partial charge is 0.469 e. The fourth-order valence-corrected chi connectivity index (χ4v) is 2.75. The Morgan fingerprint density at radius 1 is 1.33 bits per heavy atom. The summed E-state index contributed by atoms with van der Waals surface area (Å²) >= 11 is 0. The van der Waals surface area contributed by atoms with Crippen molar-refractivity contribution >= 4 is 23.5 Å². The topological polar surface area (TPSA) is 79.3 Å². The minimum atomic E-state index is -0.308. The Balaban J connectivity index is 2.10. The average molecular weight is 295 g/mol. The van der Waals surface area contributed by atoms with Crippen molar-refractivity contribution in [3.8, 4) is 0 Å². The number of piperidine rings is 1. The average Bonchev–Trinajstić information content (AvgIpc) is 2.49. The van der Waals surface area contributed by atoms with Crippen molar-refractivity contribution in [3.05, 3.63) is 0 Å². The van der Waals surface area contributed by atoms with Gasteiger partial charge in [-0.3, -0.25) is 14.4 Å². The number of ether oxygens (including phenoxy) is 1. The Hall–Kier alpha value is -1.92. The summed E-state index contributed by atoms with van der Waals surface area (Å²) in [5.74, 6) is -0.558. The third-order valence-electron chi connectivity index (χ3n) is 3.97. The van der Waals surface area contributed by atoms with Crippen LogP contribution in [0.2, 0.25) is 0 Å². The van der Waals surface area contributed by atoms with Gasteiger partial charge in [-0.1, -0.05) is 0 Å². The van der Waals surface area contributed by atoms with Crippen LogP contribution in [0.4, 0.5) is 0 Å². The first-order valence-electron chi connectivity index (χ1n) is 7.24. The molecule has 1 atom stereocenters. The number of hydrazone groups is 1. The maximum absolute atomic E-state index is 12.6. The molecule has 7 nitrogen and oxygen atoms in total. The smallest absolute Gasteiger partial charge is 0.307 e. The Bertz CT molecular complexity index is 475. The van der Waals surface area contributed by atoms with Gasteiger partial charge in [0.15, 0.2) is 0 Å². The van der Waals surface area contributed by atoms with Gasteiger partial charge in [-0.25, -0.2) is 5.01 Å². The van der Waals surface area contributed by atoms with E-state index in [0.717, 1.165) is 19.3 Å². The summed E-state index contributed by atoms with van der Waals surface area (Å²) < 4.78 is 4.70. The van der Waals surface area contributed by atoms with Crippen molar-refractivity contribution in [1.29, 1.82) is 0 Å². The zero-order chi connectivity index (χ0) is 15.4. The Labute approximate surface area is 123 Å². The highest BCUT2D eigenvalue weighted by Crippen LogP contribution is 2.22. The number of methoxy groups -OCH3 is 1. The third kappa shape index (κ3) is 3.59. The molecule has 0 aliphatic carbocycles. The van der Waals surface area contributed by atoms with Crippen molar-refractivity contribution in [2.24, 2.45) is 5.10 Å². The predicted octanol–water partition coefficient (Wildman–Crippen LogP) is 0.539. The van der Waals surface area contributed by atoms with E-state index >= 15 is 0 Å². The van der Waals surface area contributed by atoms with E-state index in [9.17, 15) is 14.4 Å². The van der Waals surface area contributed by atoms with Gasteiger partial charge in [0.25, 0.3) is 5.91 Å². The zero-order valence-electron chi connectivity index (χ0n) is 12.5. The number of likely N-dealkylation sites (tertiary alicyclic amines) is 1. The standard InChI is InChI=1S/C14H21N3O4/c1-16-12(18)7-6-11(15-16)14(20)17-8-4-3-5-10(17)9-13(19)21-2/h10H,3-9H2,1-2H3. The fourth-order valence-electron chi connectivity index (χ4n) is 2.75. The molecule has 2 amide bonds. The first-order chi connectivity index (χ1) is 10.0. The van der Waals surface area contributed by atoms with Crippen LogP contribution >= 0.6 is 0 Å². The Kier molecular flexibility index (Phi) is 4.93. The molecule has 1 fully saturated rings. The van der Waals surface area contributed by atoms with E-state index < -0.39 is 0 Å². The predicted molar refractivity (Wildman–Crippen MR) is 75.4 cm³/mol. The summed E-state index contributed by atoms with van der Waals surface area (Å²) in [5.41, 5.74) is 0.397. The molecule has 0 aromatic heterocycles. The Morgan fingerprint density at radius 2 is 2.10 bits per heavy atom. The quantitative estimate of drug-likeness (QED) is 0.712. The molecule has 2 heterocycles. The van der Waals surface area contributed by atoms with E-state index in [1.807, 2.05) is 0 Å². The SMILES string of the molecule is COC(=O)CC1CCCCN1C(=O)C1=NN(C)C(=O)CC1. The maximum Gasteiger partial charge on any atom is 0.307 e. The number of carbonyl (C=O) groups excluding carboxylic acids is 3. The molecular weight excluding hydrogens is 274 g/mol. The summed E-state index contributed by atoms with van der Waals surface area (Å²) in [5, 5.41) is 5.28. The molecule has 2 aliphatic heterocycles. The first kappa shape index (κ1) is 15.5. The van der Waals surface area contributed by atoms with E-state index in [1.165, 1.54) is 12.1 Å². The number of hydrogen-bond acceptors (Lipinski definition) is 5. The molecule has 7 heteroatoms. The van der Waals surface area contributed by atoms with Gasteiger partial charge < -0.3 is 9.64 Å². The first-order valence-corrected chi connectivity index (χ1v) is 7.24. The molecule has 0 N–H and O–H groups in total. The highest BCUT2D eigenvalue weighted by Gasteiger charge is 2.33. The van der Waals surface area contributed by atoms with Gasteiger partial charge in [-0.2, -0.15) is 5.10 Å². The molecular formula is C14H21N3O4. The second-order valence-corrected chi connectivity index (χ2v) is 5.39. The van der Waals surface area contributed by atoms with Crippen LogP contribution < -0.4 is 0 Å². The molecule has 2 aliphatic rings. The van der Waals surface area contributed by atoms with Crippen LogP contribution in [0.15, 0.2) is 5.10 Å². The third-order valence-corrected chi connectivity index (χ3v) is 3.97. The van der Waals surface area contributed by atoms with E-state index in [4.69, 9.17) is 4.74 Å². The lowest BCUT2D eigenvalue weighted by molar-refractivity contribution is -0.143. The molecule has 0 spiro atoms. The monoisotopic (exact) mass is 295 g/mol. The molecule has 0 aromatic carbocycles. The van der Waals surface area contributed by atoms with Gasteiger partial charge in [-0.05, 0) is 19.3 Å². The van der Waals surface area contributed by atoms with Crippen LogP contribution in [0.25, 0.3) is 0 Å². The minimum absolute atomic E-state index is 0.0868. The molecule has 0 saturated carbocycles. The van der Waals surface area contributed by atoms with Crippen molar-refractivity contribution < 1.29 is 19.1 Å². The number of hydrogen-bond donors (Lipinski definition) is 0. The number of esters is 1. The van der Waals surface area contributed by atoms with Gasteiger partial charge in [0.1, 0.15) is 5.71 Å². The van der Waals surface area contributed by atoms with Gasteiger partial charge in [0.2, 0.25) is 5.91 Å². The van der Waals surface area contributed by atoms with Crippen LogP contribution in [0.5, 0.6) is 0 Å². The van der Waals surface area contributed by atoms with Crippen molar-refractivity contribution in [1.82, 2.24) is 9.91 Å². The lowest BCUT2D eigenvalue weighted by Crippen LogP contribution is -2.49. The van der Waals surface area contributed by atoms with E-state index in [2.05, 4.69) is 5.10 Å². The fraction of sp³-hybridized carbons (Fsp3) is 0.714. The van der Waals surface area contributed by atoms with Crippen LogP contribution in [0, 0.1) is 0 Å². The van der Waals surface area contributed by atoms with Crippen LogP contribution in [-0.4, -0.2) is 60.1 Å². The summed E-state index contributed by atoms with van der Waals surface area (Å²) in [4.78, 5) is 37.2. The molecule has 1 unspecified atom stereocenters. The molecule has 21 heavy (non-hydrogen) atoms. The van der Waals surface area contributed by atoms with Crippen molar-refractivity contribution in [2.75, 3.05) is 20.7 Å².